The van der Waals surface area contributed by atoms with Crippen molar-refractivity contribution in [2.75, 3.05) is 36.4 Å². The number of pyridine rings is 2. The number of anilines is 3. The van der Waals surface area contributed by atoms with Crippen molar-refractivity contribution in [1.82, 2.24) is 29.7 Å². The van der Waals surface area contributed by atoms with Crippen molar-refractivity contribution in [3.63, 3.8) is 0 Å². The molecule has 12 nitrogen and oxygen atoms in total. The first-order valence-electron chi connectivity index (χ1n) is 20.3. The summed E-state index contributed by atoms with van der Waals surface area (Å²) in [4.78, 5) is 69.2. The summed E-state index contributed by atoms with van der Waals surface area (Å²) < 4.78 is 1.73. The Morgan fingerprint density at radius 2 is 1.67 bits per heavy atom. The first-order valence-corrected chi connectivity index (χ1v) is 20.3. The quantitative estimate of drug-likeness (QED) is 0.139. The van der Waals surface area contributed by atoms with Gasteiger partial charge in [-0.25, -0.2) is 9.97 Å². The van der Waals surface area contributed by atoms with E-state index in [-0.39, 0.29) is 40.7 Å². The van der Waals surface area contributed by atoms with Gasteiger partial charge >= 0.3 is 0 Å². The second-order valence-electron chi connectivity index (χ2n) is 16.1. The monoisotopic (exact) mass is 744 g/mol. The minimum absolute atomic E-state index is 0.0320. The van der Waals surface area contributed by atoms with E-state index in [1.807, 2.05) is 24.4 Å². The molecule has 2 amide bonds. The molecular formula is C43H52N8O4. The second-order valence-corrected chi connectivity index (χ2v) is 16.1. The predicted molar refractivity (Wildman–Crippen MR) is 213 cm³/mol. The Bertz CT molecular complexity index is 2130. The van der Waals surface area contributed by atoms with E-state index in [9.17, 15) is 19.2 Å². The van der Waals surface area contributed by atoms with E-state index in [0.717, 1.165) is 88.5 Å². The van der Waals surface area contributed by atoms with Gasteiger partial charge in [0.25, 0.3) is 5.56 Å². The number of rotatable bonds is 10. The molecule has 0 radical (unpaired) electrons. The van der Waals surface area contributed by atoms with Crippen LogP contribution in [0.5, 0.6) is 0 Å². The fraction of sp³-hybridized carbons (Fsp3) is 0.512. The number of aromatic nitrogens is 4. The van der Waals surface area contributed by atoms with Crippen LogP contribution < -0.4 is 21.1 Å². The van der Waals surface area contributed by atoms with E-state index < -0.39 is 0 Å². The largest absolute Gasteiger partial charge is 0.371 e. The van der Waals surface area contributed by atoms with Crippen LogP contribution in [0.3, 0.4) is 0 Å². The Morgan fingerprint density at radius 3 is 2.38 bits per heavy atom. The molecule has 2 N–H and O–H groups in total. The molecule has 4 aromatic rings. The number of nitrogens with one attached hydrogen (secondary N) is 2. The van der Waals surface area contributed by atoms with Crippen LogP contribution in [0.4, 0.5) is 17.5 Å². The van der Waals surface area contributed by atoms with Crippen molar-refractivity contribution < 1.29 is 14.4 Å². The van der Waals surface area contributed by atoms with Crippen LogP contribution in [0, 0.1) is 12.8 Å². The molecule has 3 aromatic heterocycles. The van der Waals surface area contributed by atoms with Gasteiger partial charge in [0, 0.05) is 55.1 Å². The van der Waals surface area contributed by atoms with Crippen molar-refractivity contribution >= 4 is 46.1 Å². The normalized spacial score (nSPS) is 20.6. The minimum atomic E-state index is -0.254. The molecule has 1 atom stereocenters. The molecule has 1 aliphatic carbocycles. The van der Waals surface area contributed by atoms with Gasteiger partial charge in [-0.2, -0.15) is 4.98 Å². The highest BCUT2D eigenvalue weighted by atomic mass is 16.2. The fourth-order valence-corrected chi connectivity index (χ4v) is 9.49. The zero-order valence-corrected chi connectivity index (χ0v) is 32.1. The van der Waals surface area contributed by atoms with Gasteiger partial charge in [0.15, 0.2) is 5.78 Å². The number of ketones is 1. The highest BCUT2D eigenvalue weighted by Crippen LogP contribution is 2.33. The summed E-state index contributed by atoms with van der Waals surface area (Å²) >= 11 is 0. The first kappa shape index (κ1) is 37.0. The molecule has 55 heavy (non-hydrogen) atoms. The number of nitrogens with zero attached hydrogens (tertiary/aromatic N) is 6. The standard InChI is InChI=1S/C43H52N8O4/c1-27-36-26-45-43(48-40(36)51(33-7-3-4-8-33)42(55)39(27)28(2)52)46-37-14-12-30(25-44-37)11-10-29-16-20-49(21-17-29)32-18-22-50(23-19-32)34-9-5-6-31(24-34)35-13-15-38(53)47-41(35)54/h5-6,9,12,14,24-26,29,32-33,35H,3-4,7-8,10-11,13,15-23H2,1-2H3,(H,47,53,54)(H,44,45,46,48). The average Bonchev–Trinajstić information content (AvgIpc) is 3.72. The van der Waals surface area contributed by atoms with E-state index in [2.05, 4.69) is 48.6 Å². The van der Waals surface area contributed by atoms with Gasteiger partial charge in [0.2, 0.25) is 17.8 Å². The Hall–Kier alpha value is -4.97. The Labute approximate surface area is 322 Å². The molecule has 6 heterocycles. The lowest BCUT2D eigenvalue weighted by Crippen LogP contribution is -2.47. The molecule has 8 rings (SSSR count). The number of imide groups is 1. The van der Waals surface area contributed by atoms with E-state index in [1.54, 1.807) is 17.7 Å². The van der Waals surface area contributed by atoms with Crippen LogP contribution in [0.15, 0.2) is 53.6 Å². The van der Waals surface area contributed by atoms with Gasteiger partial charge in [0.1, 0.15) is 11.5 Å². The van der Waals surface area contributed by atoms with Crippen molar-refractivity contribution in [1.29, 1.82) is 0 Å². The lowest BCUT2D eigenvalue weighted by atomic mass is 9.89. The van der Waals surface area contributed by atoms with E-state index >= 15 is 0 Å². The molecule has 1 saturated carbocycles. The molecule has 12 heteroatoms. The van der Waals surface area contributed by atoms with Crippen molar-refractivity contribution in [3.8, 4) is 0 Å². The van der Waals surface area contributed by atoms with Gasteiger partial charge in [-0.05, 0) is 126 Å². The first-order chi connectivity index (χ1) is 26.7. The van der Waals surface area contributed by atoms with Crippen LogP contribution in [0.1, 0.15) is 117 Å². The fourth-order valence-electron chi connectivity index (χ4n) is 9.49. The second kappa shape index (κ2) is 16.0. The third-order valence-electron chi connectivity index (χ3n) is 12.7. The number of carbonyl (C=O) groups is 3. The summed E-state index contributed by atoms with van der Waals surface area (Å²) in [5, 5.41) is 6.47. The number of benzene rings is 1. The van der Waals surface area contributed by atoms with Gasteiger partial charge < -0.3 is 15.1 Å². The molecule has 4 fully saturated rings. The van der Waals surface area contributed by atoms with Crippen LogP contribution in [-0.2, 0) is 16.0 Å². The lowest BCUT2D eigenvalue weighted by Gasteiger charge is -2.42. The minimum Gasteiger partial charge on any atom is -0.371 e. The van der Waals surface area contributed by atoms with Crippen LogP contribution in [-0.4, -0.2) is 74.2 Å². The van der Waals surface area contributed by atoms with E-state index in [1.165, 1.54) is 31.0 Å². The van der Waals surface area contributed by atoms with Crippen molar-refractivity contribution in [2.45, 2.75) is 109 Å². The SMILES string of the molecule is CC(=O)c1c(C)c2cnc(Nc3ccc(CCC4CCN(C5CCN(c6cccc(C7CCC(=O)NC7=O)c6)CC5)CC4)cn3)nc2n(C2CCCC2)c1=O. The van der Waals surface area contributed by atoms with Gasteiger partial charge in [-0.15, -0.1) is 0 Å². The zero-order chi connectivity index (χ0) is 38.1. The van der Waals surface area contributed by atoms with E-state index in [4.69, 9.17) is 4.98 Å². The molecule has 0 bridgehead atoms. The summed E-state index contributed by atoms with van der Waals surface area (Å²) in [6, 6.07) is 13.1. The molecule has 3 aliphatic heterocycles. The van der Waals surface area contributed by atoms with Crippen LogP contribution in [0.2, 0.25) is 0 Å². The summed E-state index contributed by atoms with van der Waals surface area (Å²) in [5.41, 5.74) is 4.57. The summed E-state index contributed by atoms with van der Waals surface area (Å²) in [5.74, 6) is 0.908. The van der Waals surface area contributed by atoms with Gasteiger partial charge in [-0.3, -0.25) is 29.1 Å². The maximum absolute atomic E-state index is 13.6. The molecule has 0 spiro atoms. The number of likely N-dealkylation sites (tertiary alicyclic amines) is 1. The molecule has 3 saturated heterocycles. The smallest absolute Gasteiger partial charge is 0.263 e. The third kappa shape index (κ3) is 7.92. The molecule has 1 unspecified atom stereocenters. The number of hydrogen-bond acceptors (Lipinski definition) is 10. The zero-order valence-electron chi connectivity index (χ0n) is 32.1. The Balaban J connectivity index is 0.815. The Kier molecular flexibility index (Phi) is 10.8. The maximum atomic E-state index is 13.6. The molecule has 288 valence electrons. The highest BCUT2D eigenvalue weighted by molar-refractivity contribution is 6.01. The molecule has 1 aromatic carbocycles. The summed E-state index contributed by atoms with van der Waals surface area (Å²) in [7, 11) is 0. The van der Waals surface area contributed by atoms with Crippen molar-refractivity contribution in [2.24, 2.45) is 5.92 Å². The Morgan fingerprint density at radius 1 is 0.891 bits per heavy atom. The number of carbonyl (C=O) groups excluding carboxylic acids is 3. The van der Waals surface area contributed by atoms with Gasteiger partial charge in [0.05, 0.1) is 11.5 Å². The number of amides is 2. The summed E-state index contributed by atoms with van der Waals surface area (Å²) in [6.07, 6.45) is 15.4. The van der Waals surface area contributed by atoms with Crippen LogP contribution in [0.25, 0.3) is 11.0 Å². The highest BCUT2D eigenvalue weighted by Gasteiger charge is 2.31. The number of Topliss-reactive ketones (excluding diaryl/α,β-unsaturated/α-hetero) is 1. The summed E-state index contributed by atoms with van der Waals surface area (Å²) in [6.45, 7) is 7.58. The number of hydrogen-bond donors (Lipinski definition) is 2. The van der Waals surface area contributed by atoms with Gasteiger partial charge in [-0.1, -0.05) is 31.0 Å². The topological polar surface area (TPSA) is 142 Å². The van der Waals surface area contributed by atoms with Crippen molar-refractivity contribution in [3.05, 3.63) is 81.4 Å². The molecule has 4 aliphatic rings. The van der Waals surface area contributed by atoms with E-state index in [0.29, 0.717) is 47.8 Å². The number of piperidine rings is 3. The molecular weight excluding hydrogens is 693 g/mol. The number of aryl methyl sites for hydroxylation is 2. The lowest BCUT2D eigenvalue weighted by molar-refractivity contribution is -0.134. The maximum Gasteiger partial charge on any atom is 0.263 e. The van der Waals surface area contributed by atoms with Crippen LogP contribution >= 0.6 is 0 Å². The predicted octanol–water partition coefficient (Wildman–Crippen LogP) is 6.39. The average molecular weight is 745 g/mol. The number of fused-ring (bicyclic) bond motifs is 1. The third-order valence-corrected chi connectivity index (χ3v) is 12.7.